The molecule has 0 fully saturated rings. The average Bonchev–Trinajstić information content (AvgIpc) is 2.07. The Bertz CT molecular complexity index is 194. The first-order chi connectivity index (χ1) is 5.22. The van der Waals surface area contributed by atoms with E-state index >= 15 is 0 Å². The molecule has 0 saturated heterocycles. The molecule has 0 aromatic rings. The maximum atomic E-state index is 10.8. The summed E-state index contributed by atoms with van der Waals surface area (Å²) in [6.45, 7) is 7.65. The molecule has 1 aliphatic rings. The fraction of sp³-hybridized carbons (Fsp3) is 0.300. The Morgan fingerprint density at radius 2 is 1.58 bits per heavy atom. The SMILES string of the molecule is [CH2-]CC1(C[CH2-])C=CC(=O)C=C1.[Y]. The van der Waals surface area contributed by atoms with Gasteiger partial charge in [0.15, 0.2) is 5.78 Å². The van der Waals surface area contributed by atoms with Crippen LogP contribution in [-0.4, -0.2) is 5.78 Å². The van der Waals surface area contributed by atoms with Crippen molar-refractivity contribution in [3.8, 4) is 0 Å². The molecule has 63 valence electrons. The van der Waals surface area contributed by atoms with E-state index in [0.29, 0.717) is 0 Å². The van der Waals surface area contributed by atoms with Crippen LogP contribution in [0.15, 0.2) is 24.3 Å². The Labute approximate surface area is 99.2 Å². The summed E-state index contributed by atoms with van der Waals surface area (Å²) in [5.74, 6) is 0.0579. The van der Waals surface area contributed by atoms with Crippen molar-refractivity contribution < 1.29 is 37.5 Å². The Balaban J connectivity index is 0.00000121. The molecular weight excluding hydrogens is 225 g/mol. The summed E-state index contributed by atoms with van der Waals surface area (Å²) in [6.07, 6.45) is 8.50. The summed E-state index contributed by atoms with van der Waals surface area (Å²) in [5.41, 5.74) is -0.0616. The second-order valence-corrected chi connectivity index (χ2v) is 2.80. The van der Waals surface area contributed by atoms with Crippen LogP contribution in [0.3, 0.4) is 0 Å². The minimum atomic E-state index is -0.0616. The molecule has 0 aromatic carbocycles. The van der Waals surface area contributed by atoms with Crippen molar-refractivity contribution in [2.24, 2.45) is 5.41 Å². The third kappa shape index (κ3) is 2.64. The fourth-order valence-corrected chi connectivity index (χ4v) is 1.07. The van der Waals surface area contributed by atoms with Gasteiger partial charge < -0.3 is 13.8 Å². The summed E-state index contributed by atoms with van der Waals surface area (Å²) in [5, 5.41) is 0. The van der Waals surface area contributed by atoms with E-state index in [1.807, 2.05) is 12.2 Å². The molecule has 1 nitrogen and oxygen atoms in total. The zero-order valence-electron chi connectivity index (χ0n) is 7.12. The van der Waals surface area contributed by atoms with Gasteiger partial charge in [-0.2, -0.15) is 12.8 Å². The number of carbonyl (C=O) groups excluding carboxylic acids is 1. The molecule has 0 spiro atoms. The Hall–Kier alpha value is 0.254. The van der Waals surface area contributed by atoms with Crippen molar-refractivity contribution in [2.45, 2.75) is 12.8 Å². The standard InChI is InChI=1S/C10H12O.Y/c1-3-10(4-2)7-5-9(11)6-8-10;/h5-8H,1-4H2;/q-2;. The summed E-state index contributed by atoms with van der Waals surface area (Å²) in [6, 6.07) is 0. The van der Waals surface area contributed by atoms with Crippen molar-refractivity contribution in [1.82, 2.24) is 0 Å². The summed E-state index contributed by atoms with van der Waals surface area (Å²) >= 11 is 0. The molecule has 2 heteroatoms. The first-order valence-corrected chi connectivity index (χ1v) is 3.73. The number of hydrogen-bond donors (Lipinski definition) is 0. The largest absolute Gasteiger partial charge is 0.342 e. The van der Waals surface area contributed by atoms with E-state index in [1.54, 1.807) is 12.2 Å². The van der Waals surface area contributed by atoms with Gasteiger partial charge in [0.05, 0.1) is 0 Å². The minimum absolute atomic E-state index is 0. The summed E-state index contributed by atoms with van der Waals surface area (Å²) in [7, 11) is 0. The molecule has 0 bridgehead atoms. The molecule has 0 aromatic heterocycles. The van der Waals surface area contributed by atoms with E-state index in [1.165, 1.54) is 0 Å². The van der Waals surface area contributed by atoms with E-state index in [2.05, 4.69) is 13.8 Å². The van der Waals surface area contributed by atoms with Crippen LogP contribution in [-0.2, 0) is 37.5 Å². The molecule has 0 amide bonds. The Morgan fingerprint density at radius 1 is 1.17 bits per heavy atom. The molecule has 0 heterocycles. The molecule has 12 heavy (non-hydrogen) atoms. The fourth-order valence-electron chi connectivity index (χ4n) is 1.07. The summed E-state index contributed by atoms with van der Waals surface area (Å²) < 4.78 is 0. The van der Waals surface area contributed by atoms with Gasteiger partial charge in [-0.05, 0) is 17.6 Å². The van der Waals surface area contributed by atoms with Crippen LogP contribution >= 0.6 is 0 Å². The second-order valence-electron chi connectivity index (χ2n) is 2.80. The number of rotatable bonds is 2. The molecule has 0 N–H and O–H groups in total. The smallest absolute Gasteiger partial charge is 0.178 e. The van der Waals surface area contributed by atoms with E-state index in [4.69, 9.17) is 0 Å². The zero-order valence-corrected chi connectivity index (χ0v) is 9.96. The molecule has 1 aliphatic carbocycles. The quantitative estimate of drug-likeness (QED) is 0.672. The van der Waals surface area contributed by atoms with Gasteiger partial charge >= 0.3 is 0 Å². The first-order valence-electron chi connectivity index (χ1n) is 3.73. The van der Waals surface area contributed by atoms with Crippen molar-refractivity contribution in [3.63, 3.8) is 0 Å². The van der Waals surface area contributed by atoms with Gasteiger partial charge in [0.25, 0.3) is 0 Å². The number of ketones is 1. The predicted molar refractivity (Wildman–Crippen MR) is 45.7 cm³/mol. The Morgan fingerprint density at radius 3 is 1.92 bits per heavy atom. The second kappa shape index (κ2) is 5.09. The molecular formula is C10H12OY-2. The van der Waals surface area contributed by atoms with Gasteiger partial charge in [0.2, 0.25) is 0 Å². The van der Waals surface area contributed by atoms with E-state index in [9.17, 15) is 4.79 Å². The van der Waals surface area contributed by atoms with Gasteiger partial charge in [-0.15, -0.1) is 0 Å². The first kappa shape index (κ1) is 12.3. The molecule has 1 radical (unpaired) electrons. The van der Waals surface area contributed by atoms with E-state index in [0.717, 1.165) is 12.8 Å². The maximum Gasteiger partial charge on any atom is 0.178 e. The van der Waals surface area contributed by atoms with Gasteiger partial charge in [-0.25, -0.2) is 0 Å². The van der Waals surface area contributed by atoms with Crippen molar-refractivity contribution in [3.05, 3.63) is 38.2 Å². The van der Waals surface area contributed by atoms with E-state index in [-0.39, 0.29) is 43.9 Å². The average molecular weight is 237 g/mol. The van der Waals surface area contributed by atoms with Crippen LogP contribution in [0, 0.1) is 19.3 Å². The monoisotopic (exact) mass is 237 g/mol. The normalized spacial score (nSPS) is 19.0. The van der Waals surface area contributed by atoms with Crippen molar-refractivity contribution >= 4 is 5.78 Å². The zero-order chi connectivity index (χ0) is 8.32. The van der Waals surface area contributed by atoms with Gasteiger partial charge in [-0.1, -0.05) is 12.2 Å². The van der Waals surface area contributed by atoms with Crippen LogP contribution in [0.2, 0.25) is 0 Å². The molecule has 0 saturated carbocycles. The van der Waals surface area contributed by atoms with Crippen LogP contribution in [0.5, 0.6) is 0 Å². The molecule has 0 atom stereocenters. The number of hydrogen-bond acceptors (Lipinski definition) is 1. The topological polar surface area (TPSA) is 17.1 Å². The maximum absolute atomic E-state index is 10.8. The van der Waals surface area contributed by atoms with Crippen LogP contribution in [0.1, 0.15) is 12.8 Å². The summed E-state index contributed by atoms with van der Waals surface area (Å²) in [4.78, 5) is 10.8. The van der Waals surface area contributed by atoms with Gasteiger partial charge in [0.1, 0.15) is 0 Å². The van der Waals surface area contributed by atoms with Crippen LogP contribution < -0.4 is 0 Å². The number of allylic oxidation sites excluding steroid dienone is 4. The van der Waals surface area contributed by atoms with Crippen LogP contribution in [0.25, 0.3) is 0 Å². The van der Waals surface area contributed by atoms with Crippen LogP contribution in [0.4, 0.5) is 0 Å². The molecule has 0 unspecified atom stereocenters. The van der Waals surface area contributed by atoms with Gasteiger partial charge in [-0.3, -0.25) is 4.79 Å². The predicted octanol–water partition coefficient (Wildman–Crippen LogP) is 2.11. The van der Waals surface area contributed by atoms with E-state index < -0.39 is 0 Å². The molecule has 0 aliphatic heterocycles. The minimum Gasteiger partial charge on any atom is -0.342 e. The van der Waals surface area contributed by atoms with Crippen molar-refractivity contribution in [2.75, 3.05) is 0 Å². The third-order valence-electron chi connectivity index (χ3n) is 2.09. The third-order valence-corrected chi connectivity index (χ3v) is 2.09. The number of carbonyl (C=O) groups is 1. The molecule has 1 rings (SSSR count). The van der Waals surface area contributed by atoms with Gasteiger partial charge in [0, 0.05) is 32.7 Å². The van der Waals surface area contributed by atoms with Crippen molar-refractivity contribution in [1.29, 1.82) is 0 Å². The Kier molecular flexibility index (Phi) is 5.19.